The monoisotopic (exact) mass is 494 g/mol. The summed E-state index contributed by atoms with van der Waals surface area (Å²) in [6.45, 7) is 10.2. The predicted octanol–water partition coefficient (Wildman–Crippen LogP) is 6.40. The number of benzene rings is 3. The number of carbonyl (C=O) groups excluding carboxylic acids is 1. The van der Waals surface area contributed by atoms with Gasteiger partial charge < -0.3 is 15.2 Å². The molecule has 1 unspecified atom stereocenters. The van der Waals surface area contributed by atoms with E-state index in [4.69, 9.17) is 10.7 Å². The van der Waals surface area contributed by atoms with Crippen molar-refractivity contribution >= 4 is 5.91 Å². The SMILES string of the molecule is Cc1ccc(C(=O)N(CCCN)C(c2nc(-c3ccccc3)cn2Cc2cccc(C)c2)C(C)C)cc1. The van der Waals surface area contributed by atoms with Gasteiger partial charge in [0, 0.05) is 30.4 Å². The van der Waals surface area contributed by atoms with Crippen molar-refractivity contribution in [1.29, 1.82) is 0 Å². The number of aryl methyl sites for hydroxylation is 2. The molecule has 1 atom stereocenters. The Bertz CT molecular complexity index is 1310. The van der Waals surface area contributed by atoms with E-state index in [9.17, 15) is 4.79 Å². The summed E-state index contributed by atoms with van der Waals surface area (Å²) >= 11 is 0. The van der Waals surface area contributed by atoms with E-state index >= 15 is 0 Å². The van der Waals surface area contributed by atoms with E-state index in [1.807, 2.05) is 54.3 Å². The van der Waals surface area contributed by atoms with Gasteiger partial charge in [-0.15, -0.1) is 0 Å². The Morgan fingerprint density at radius 3 is 2.32 bits per heavy atom. The predicted molar refractivity (Wildman–Crippen MR) is 151 cm³/mol. The van der Waals surface area contributed by atoms with Crippen LogP contribution in [-0.2, 0) is 6.54 Å². The van der Waals surface area contributed by atoms with Crippen molar-refractivity contribution in [3.05, 3.63) is 113 Å². The molecule has 0 aliphatic rings. The van der Waals surface area contributed by atoms with Crippen LogP contribution in [0.5, 0.6) is 0 Å². The van der Waals surface area contributed by atoms with Crippen molar-refractivity contribution in [2.45, 2.75) is 46.7 Å². The van der Waals surface area contributed by atoms with Crippen molar-refractivity contribution < 1.29 is 4.79 Å². The van der Waals surface area contributed by atoms with Crippen molar-refractivity contribution in [3.63, 3.8) is 0 Å². The van der Waals surface area contributed by atoms with Gasteiger partial charge in [-0.2, -0.15) is 0 Å². The van der Waals surface area contributed by atoms with Gasteiger partial charge >= 0.3 is 0 Å². The van der Waals surface area contributed by atoms with E-state index in [1.54, 1.807) is 0 Å². The minimum Gasteiger partial charge on any atom is -0.330 e. The lowest BCUT2D eigenvalue weighted by Gasteiger charge is -2.34. The van der Waals surface area contributed by atoms with Crippen LogP contribution < -0.4 is 5.73 Å². The summed E-state index contributed by atoms with van der Waals surface area (Å²) in [4.78, 5) is 21.1. The summed E-state index contributed by atoms with van der Waals surface area (Å²) in [5.74, 6) is 1.06. The fraction of sp³-hybridized carbons (Fsp3) is 0.312. The van der Waals surface area contributed by atoms with Gasteiger partial charge in [0.1, 0.15) is 5.82 Å². The first-order valence-corrected chi connectivity index (χ1v) is 13.1. The largest absolute Gasteiger partial charge is 0.330 e. The molecule has 0 spiro atoms. The third kappa shape index (κ3) is 6.36. The van der Waals surface area contributed by atoms with Crippen molar-refractivity contribution in [1.82, 2.24) is 14.5 Å². The number of imidazole rings is 1. The molecule has 1 aromatic heterocycles. The van der Waals surface area contributed by atoms with Crippen molar-refractivity contribution in [3.8, 4) is 11.3 Å². The highest BCUT2D eigenvalue weighted by Gasteiger charge is 2.32. The number of hydrogen-bond acceptors (Lipinski definition) is 3. The van der Waals surface area contributed by atoms with Crippen LogP contribution in [0.15, 0.2) is 85.1 Å². The lowest BCUT2D eigenvalue weighted by molar-refractivity contribution is 0.0604. The van der Waals surface area contributed by atoms with E-state index in [0.29, 0.717) is 25.2 Å². The molecule has 0 aliphatic heterocycles. The summed E-state index contributed by atoms with van der Waals surface area (Å²) in [7, 11) is 0. The number of aromatic nitrogens is 2. The van der Waals surface area contributed by atoms with Gasteiger partial charge in [-0.05, 0) is 50.4 Å². The Hall–Kier alpha value is -3.70. The van der Waals surface area contributed by atoms with Crippen LogP contribution in [0.4, 0.5) is 0 Å². The molecule has 4 rings (SSSR count). The molecule has 0 fully saturated rings. The third-order valence-electron chi connectivity index (χ3n) is 6.71. The Kier molecular flexibility index (Phi) is 8.57. The number of rotatable bonds is 10. The molecule has 2 N–H and O–H groups in total. The molecule has 192 valence electrons. The summed E-state index contributed by atoms with van der Waals surface area (Å²) in [5.41, 5.74) is 12.1. The highest BCUT2D eigenvalue weighted by Crippen LogP contribution is 2.32. The Balaban J connectivity index is 1.82. The highest BCUT2D eigenvalue weighted by atomic mass is 16.2. The van der Waals surface area contributed by atoms with Crippen LogP contribution in [0.25, 0.3) is 11.3 Å². The second-order valence-electron chi connectivity index (χ2n) is 10.2. The molecule has 5 nitrogen and oxygen atoms in total. The van der Waals surface area contributed by atoms with E-state index in [0.717, 1.165) is 29.1 Å². The lowest BCUT2D eigenvalue weighted by atomic mass is 9.99. The van der Waals surface area contributed by atoms with Crippen molar-refractivity contribution in [2.24, 2.45) is 11.7 Å². The van der Waals surface area contributed by atoms with Gasteiger partial charge in [-0.1, -0.05) is 91.7 Å². The third-order valence-corrected chi connectivity index (χ3v) is 6.71. The number of nitrogens with two attached hydrogens (primary N) is 1. The molecule has 0 saturated carbocycles. The van der Waals surface area contributed by atoms with Gasteiger partial charge in [0.05, 0.1) is 11.7 Å². The molecular weight excluding hydrogens is 456 g/mol. The maximum absolute atomic E-state index is 13.9. The highest BCUT2D eigenvalue weighted by molar-refractivity contribution is 5.94. The minimum absolute atomic E-state index is 0.0125. The number of nitrogens with zero attached hydrogens (tertiary/aromatic N) is 3. The smallest absolute Gasteiger partial charge is 0.254 e. The number of hydrogen-bond donors (Lipinski definition) is 1. The molecule has 5 heteroatoms. The summed E-state index contributed by atoms with van der Waals surface area (Å²) in [5, 5.41) is 0. The standard InChI is InChI=1S/C32H38N4O/c1-23(2)30(36(19-9-18-33)32(37)28-16-14-24(3)15-17-28)31-34-29(27-12-6-5-7-13-27)22-35(31)21-26-11-8-10-25(4)20-26/h5-8,10-17,20,22-23,30H,9,18-19,21,33H2,1-4H3. The van der Waals surface area contributed by atoms with Crippen LogP contribution in [0.2, 0.25) is 0 Å². The maximum Gasteiger partial charge on any atom is 0.254 e. The topological polar surface area (TPSA) is 64.2 Å². The van der Waals surface area contributed by atoms with E-state index < -0.39 is 0 Å². The van der Waals surface area contributed by atoms with Crippen LogP contribution >= 0.6 is 0 Å². The number of amides is 1. The zero-order chi connectivity index (χ0) is 26.4. The van der Waals surface area contributed by atoms with Crippen LogP contribution in [-0.4, -0.2) is 33.4 Å². The first kappa shape index (κ1) is 26.4. The van der Waals surface area contributed by atoms with E-state index in [1.165, 1.54) is 11.1 Å². The molecule has 37 heavy (non-hydrogen) atoms. The van der Waals surface area contributed by atoms with Gasteiger partial charge in [0.2, 0.25) is 0 Å². The van der Waals surface area contributed by atoms with Gasteiger partial charge in [0.15, 0.2) is 0 Å². The zero-order valence-electron chi connectivity index (χ0n) is 22.4. The zero-order valence-corrected chi connectivity index (χ0v) is 22.4. The average Bonchev–Trinajstić information content (AvgIpc) is 3.29. The average molecular weight is 495 g/mol. The molecule has 0 radical (unpaired) electrons. The molecular formula is C32H38N4O. The maximum atomic E-state index is 13.9. The summed E-state index contributed by atoms with van der Waals surface area (Å²) < 4.78 is 2.22. The number of carbonyl (C=O) groups is 1. The molecule has 3 aromatic carbocycles. The molecule has 1 amide bonds. The quantitative estimate of drug-likeness (QED) is 0.277. The molecule has 0 aliphatic carbocycles. The summed E-state index contributed by atoms with van der Waals surface area (Å²) in [6, 6.07) is 26.4. The minimum atomic E-state index is -0.206. The second-order valence-corrected chi connectivity index (χ2v) is 10.2. The Morgan fingerprint density at radius 1 is 0.946 bits per heavy atom. The van der Waals surface area contributed by atoms with Crippen molar-refractivity contribution in [2.75, 3.05) is 13.1 Å². The fourth-order valence-corrected chi connectivity index (χ4v) is 4.84. The summed E-state index contributed by atoms with van der Waals surface area (Å²) in [6.07, 6.45) is 2.85. The Labute approximate surface area is 221 Å². The Morgan fingerprint density at radius 2 is 1.68 bits per heavy atom. The van der Waals surface area contributed by atoms with Gasteiger partial charge in [0.25, 0.3) is 5.91 Å². The molecule has 0 bridgehead atoms. The molecule has 1 heterocycles. The van der Waals surface area contributed by atoms with Crippen LogP contribution in [0.3, 0.4) is 0 Å². The van der Waals surface area contributed by atoms with E-state index in [2.05, 4.69) is 67.9 Å². The fourth-order valence-electron chi connectivity index (χ4n) is 4.84. The first-order chi connectivity index (χ1) is 17.9. The lowest BCUT2D eigenvalue weighted by Crippen LogP contribution is -2.40. The van der Waals surface area contributed by atoms with Crippen LogP contribution in [0, 0.1) is 19.8 Å². The van der Waals surface area contributed by atoms with Gasteiger partial charge in [-0.3, -0.25) is 4.79 Å². The first-order valence-electron chi connectivity index (χ1n) is 13.1. The molecule has 4 aromatic rings. The van der Waals surface area contributed by atoms with Gasteiger partial charge in [-0.25, -0.2) is 4.98 Å². The second kappa shape index (κ2) is 12.0. The van der Waals surface area contributed by atoms with E-state index in [-0.39, 0.29) is 17.9 Å². The van der Waals surface area contributed by atoms with Crippen LogP contribution in [0.1, 0.15) is 59.2 Å². The normalized spacial score (nSPS) is 12.1. The molecule has 0 saturated heterocycles.